The maximum atomic E-state index is 13.1. The predicted octanol–water partition coefficient (Wildman–Crippen LogP) is 3.91. The van der Waals surface area contributed by atoms with Gasteiger partial charge in [0.2, 0.25) is 5.91 Å². The lowest BCUT2D eigenvalue weighted by Crippen LogP contribution is -2.57. The van der Waals surface area contributed by atoms with Gasteiger partial charge in [0.15, 0.2) is 11.5 Å². The van der Waals surface area contributed by atoms with E-state index in [1.165, 1.54) is 7.11 Å². The van der Waals surface area contributed by atoms with Crippen LogP contribution in [0.3, 0.4) is 0 Å². The highest BCUT2D eigenvalue weighted by molar-refractivity contribution is 6.33. The maximum absolute atomic E-state index is 13.1. The highest BCUT2D eigenvalue weighted by atomic mass is 35.5. The van der Waals surface area contributed by atoms with Gasteiger partial charge >= 0.3 is 5.97 Å². The number of esters is 1. The minimum atomic E-state index is -0.544. The molecule has 2 heterocycles. The molecule has 0 saturated carbocycles. The smallest absolute Gasteiger partial charge is 0.311 e. The Morgan fingerprint density at radius 1 is 1.03 bits per heavy atom. The first kappa shape index (κ1) is 24.4. The summed E-state index contributed by atoms with van der Waals surface area (Å²) in [6.07, 6.45) is 1.58. The van der Waals surface area contributed by atoms with Crippen molar-refractivity contribution in [3.63, 3.8) is 0 Å². The highest BCUT2D eigenvalue weighted by Crippen LogP contribution is 2.45. The molecule has 0 aliphatic carbocycles. The number of halogens is 1. The Bertz CT molecular complexity index is 1040. The predicted molar refractivity (Wildman–Crippen MR) is 129 cm³/mol. The third-order valence-electron chi connectivity index (χ3n) is 7.22. The molecular formula is C26H31ClN2O5. The van der Waals surface area contributed by atoms with Crippen LogP contribution >= 0.6 is 11.6 Å². The second-order valence-electron chi connectivity index (χ2n) is 8.90. The zero-order valence-electron chi connectivity index (χ0n) is 19.9. The number of amides is 1. The SMILES string of the molecule is COC(=O)C1CC(=O)N(Cc2ccccc2)C12CCN(Cc1ccc(OC)c(OC)c1Cl)CC2. The second-order valence-corrected chi connectivity index (χ2v) is 9.28. The zero-order valence-corrected chi connectivity index (χ0v) is 20.6. The molecule has 2 aromatic carbocycles. The number of hydrogen-bond donors (Lipinski definition) is 0. The van der Waals surface area contributed by atoms with E-state index in [2.05, 4.69) is 4.90 Å². The molecule has 182 valence electrons. The van der Waals surface area contributed by atoms with E-state index in [0.29, 0.717) is 42.5 Å². The van der Waals surface area contributed by atoms with Crippen molar-refractivity contribution in [2.75, 3.05) is 34.4 Å². The van der Waals surface area contributed by atoms with Crippen molar-refractivity contribution in [2.45, 2.75) is 37.9 Å². The van der Waals surface area contributed by atoms with Gasteiger partial charge in [0.05, 0.1) is 37.8 Å². The van der Waals surface area contributed by atoms with Gasteiger partial charge in [0.25, 0.3) is 0 Å². The number of hydrogen-bond acceptors (Lipinski definition) is 6. The minimum Gasteiger partial charge on any atom is -0.493 e. The zero-order chi connectivity index (χ0) is 24.3. The summed E-state index contributed by atoms with van der Waals surface area (Å²) in [4.78, 5) is 30.0. The lowest BCUT2D eigenvalue weighted by atomic mass is 9.76. The van der Waals surface area contributed by atoms with Gasteiger partial charge in [0, 0.05) is 32.6 Å². The van der Waals surface area contributed by atoms with Gasteiger partial charge in [-0.3, -0.25) is 14.5 Å². The van der Waals surface area contributed by atoms with Crippen LogP contribution in [0.2, 0.25) is 5.02 Å². The molecule has 2 fully saturated rings. The number of carbonyl (C=O) groups excluding carboxylic acids is 2. The Balaban J connectivity index is 1.54. The van der Waals surface area contributed by atoms with Crippen LogP contribution < -0.4 is 9.47 Å². The van der Waals surface area contributed by atoms with E-state index in [1.807, 2.05) is 47.4 Å². The van der Waals surface area contributed by atoms with Gasteiger partial charge in [-0.2, -0.15) is 0 Å². The summed E-state index contributed by atoms with van der Waals surface area (Å²) in [5.74, 6) is 0.364. The van der Waals surface area contributed by atoms with Gasteiger partial charge in [-0.15, -0.1) is 0 Å². The summed E-state index contributed by atoms with van der Waals surface area (Å²) in [5, 5.41) is 0.538. The Morgan fingerprint density at radius 2 is 1.74 bits per heavy atom. The number of piperidine rings is 1. The van der Waals surface area contributed by atoms with Gasteiger partial charge in [-0.1, -0.05) is 48.0 Å². The average molecular weight is 487 g/mol. The van der Waals surface area contributed by atoms with Crippen LogP contribution in [0.25, 0.3) is 0 Å². The highest BCUT2D eigenvalue weighted by Gasteiger charge is 2.56. The number of likely N-dealkylation sites (tertiary alicyclic amines) is 2. The van der Waals surface area contributed by atoms with E-state index in [9.17, 15) is 9.59 Å². The lowest BCUT2D eigenvalue weighted by molar-refractivity contribution is -0.150. The van der Waals surface area contributed by atoms with Gasteiger partial charge < -0.3 is 19.1 Å². The van der Waals surface area contributed by atoms with Crippen molar-refractivity contribution >= 4 is 23.5 Å². The van der Waals surface area contributed by atoms with E-state index >= 15 is 0 Å². The largest absolute Gasteiger partial charge is 0.493 e. The monoisotopic (exact) mass is 486 g/mol. The molecule has 0 N–H and O–H groups in total. The minimum absolute atomic E-state index is 0.00985. The molecule has 34 heavy (non-hydrogen) atoms. The number of methoxy groups -OCH3 is 3. The first-order chi connectivity index (χ1) is 16.4. The van der Waals surface area contributed by atoms with Crippen molar-refractivity contribution in [2.24, 2.45) is 5.92 Å². The van der Waals surface area contributed by atoms with E-state index in [1.54, 1.807) is 14.2 Å². The quantitative estimate of drug-likeness (QED) is 0.553. The first-order valence-electron chi connectivity index (χ1n) is 11.5. The Kier molecular flexibility index (Phi) is 7.33. The molecule has 2 saturated heterocycles. The molecule has 1 atom stereocenters. The van der Waals surface area contributed by atoms with Crippen LogP contribution in [0.4, 0.5) is 0 Å². The summed E-state index contributed by atoms with van der Waals surface area (Å²) in [7, 11) is 4.55. The number of benzene rings is 2. The number of carbonyl (C=O) groups is 2. The molecule has 2 aromatic rings. The number of rotatable bonds is 7. The van der Waals surface area contributed by atoms with Crippen molar-refractivity contribution < 1.29 is 23.8 Å². The van der Waals surface area contributed by atoms with E-state index in [0.717, 1.165) is 24.2 Å². The maximum Gasteiger partial charge on any atom is 0.311 e. The topological polar surface area (TPSA) is 68.3 Å². The molecule has 4 rings (SSSR count). The summed E-state index contributed by atoms with van der Waals surface area (Å²) < 4.78 is 15.9. The van der Waals surface area contributed by atoms with E-state index in [-0.39, 0.29) is 18.3 Å². The Hall–Kier alpha value is -2.77. The molecule has 0 aromatic heterocycles. The van der Waals surface area contributed by atoms with E-state index in [4.69, 9.17) is 25.8 Å². The lowest BCUT2D eigenvalue weighted by Gasteiger charge is -2.47. The fourth-order valence-corrected chi connectivity index (χ4v) is 5.67. The van der Waals surface area contributed by atoms with Gasteiger partial charge in [-0.05, 0) is 30.0 Å². The third-order valence-corrected chi connectivity index (χ3v) is 7.63. The molecule has 0 bridgehead atoms. The number of ether oxygens (including phenoxy) is 3. The fraction of sp³-hybridized carbons (Fsp3) is 0.462. The summed E-state index contributed by atoms with van der Waals surface area (Å²) in [5.41, 5.74) is 1.46. The fourth-order valence-electron chi connectivity index (χ4n) is 5.38. The second kappa shape index (κ2) is 10.2. The van der Waals surface area contributed by atoms with Crippen LogP contribution in [0.15, 0.2) is 42.5 Å². The molecule has 2 aliphatic rings. The van der Waals surface area contributed by atoms with Crippen molar-refractivity contribution in [3.8, 4) is 11.5 Å². The summed E-state index contributed by atoms with van der Waals surface area (Å²) >= 11 is 6.60. The third kappa shape index (κ3) is 4.46. The Labute approximate surface area is 205 Å². The molecule has 1 amide bonds. The molecule has 1 spiro atoms. The molecular weight excluding hydrogens is 456 g/mol. The standard InChI is InChI=1S/C26H31ClN2O5/c1-32-21-10-9-19(23(27)24(21)33-2)17-28-13-11-26(12-14-28)20(25(31)34-3)15-22(30)29(26)16-18-7-5-4-6-8-18/h4-10,20H,11-17H2,1-3H3. The van der Waals surface area contributed by atoms with Crippen LogP contribution in [0.5, 0.6) is 11.5 Å². The van der Waals surface area contributed by atoms with Gasteiger partial charge in [-0.25, -0.2) is 0 Å². The summed E-state index contributed by atoms with van der Waals surface area (Å²) in [6, 6.07) is 13.7. The van der Waals surface area contributed by atoms with Crippen molar-refractivity contribution in [1.82, 2.24) is 9.80 Å². The first-order valence-corrected chi connectivity index (χ1v) is 11.8. The van der Waals surface area contributed by atoms with Crippen LogP contribution in [-0.4, -0.2) is 61.6 Å². The molecule has 7 nitrogen and oxygen atoms in total. The van der Waals surface area contributed by atoms with Crippen LogP contribution in [0.1, 0.15) is 30.4 Å². The Morgan fingerprint density at radius 3 is 2.35 bits per heavy atom. The van der Waals surface area contributed by atoms with Crippen LogP contribution in [-0.2, 0) is 27.4 Å². The summed E-state index contributed by atoms with van der Waals surface area (Å²) in [6.45, 7) is 2.60. The van der Waals surface area contributed by atoms with E-state index < -0.39 is 11.5 Å². The van der Waals surface area contributed by atoms with Crippen molar-refractivity contribution in [3.05, 3.63) is 58.6 Å². The normalized spacial score (nSPS) is 19.9. The van der Waals surface area contributed by atoms with Gasteiger partial charge in [0.1, 0.15) is 0 Å². The molecule has 2 aliphatic heterocycles. The van der Waals surface area contributed by atoms with Crippen molar-refractivity contribution in [1.29, 1.82) is 0 Å². The molecule has 1 unspecified atom stereocenters. The molecule has 8 heteroatoms. The number of nitrogens with zero attached hydrogens (tertiary/aromatic N) is 2. The molecule has 0 radical (unpaired) electrons. The average Bonchev–Trinajstić information content (AvgIpc) is 3.12. The van der Waals surface area contributed by atoms with Crippen LogP contribution in [0, 0.1) is 5.92 Å².